The third-order valence-corrected chi connectivity index (χ3v) is 4.64. The molecule has 0 aromatic heterocycles. The lowest BCUT2D eigenvalue weighted by Gasteiger charge is -2.37. The van der Waals surface area contributed by atoms with Gasteiger partial charge in [-0.15, -0.1) is 0 Å². The van der Waals surface area contributed by atoms with Crippen LogP contribution in [0, 0.1) is 0 Å². The second-order valence-electron chi connectivity index (χ2n) is 6.47. The number of likely N-dealkylation sites (tertiary alicyclic amines) is 1. The first-order valence-electron chi connectivity index (χ1n) is 8.19. The zero-order valence-electron chi connectivity index (χ0n) is 14.4. The largest absolute Gasteiger partial charge is 0.410 e. The Morgan fingerprint density at radius 2 is 2.00 bits per heavy atom. The number of carbonyl (C=O) groups is 2. The minimum absolute atomic E-state index is 0.0834. The van der Waals surface area contributed by atoms with Crippen LogP contribution >= 0.6 is 11.6 Å². The summed E-state index contributed by atoms with van der Waals surface area (Å²) in [6, 6.07) is 1.70. The Balaban J connectivity index is 2.45. The number of amides is 2. The van der Waals surface area contributed by atoms with E-state index in [1.165, 1.54) is 6.92 Å². The van der Waals surface area contributed by atoms with Crippen LogP contribution in [-0.4, -0.2) is 41.0 Å². The first-order valence-corrected chi connectivity index (χ1v) is 8.57. The van der Waals surface area contributed by atoms with Crippen molar-refractivity contribution < 1.29 is 22.8 Å². The number of alkyl halides is 3. The summed E-state index contributed by atoms with van der Waals surface area (Å²) in [7, 11) is 0. The van der Waals surface area contributed by atoms with E-state index < -0.39 is 42.2 Å². The highest BCUT2D eigenvalue weighted by Crippen LogP contribution is 2.41. The van der Waals surface area contributed by atoms with Gasteiger partial charge in [0.1, 0.15) is 6.04 Å². The Kier molecular flexibility index (Phi) is 6.18. The smallest absolute Gasteiger partial charge is 0.343 e. The third kappa shape index (κ3) is 4.48. The summed E-state index contributed by atoms with van der Waals surface area (Å²) in [4.78, 5) is 25.1. The van der Waals surface area contributed by atoms with E-state index in [1.807, 2.05) is 5.32 Å². The number of nitrogens with zero attached hydrogens (tertiary/aromatic N) is 1. The lowest BCUT2D eigenvalue weighted by atomic mass is 10.0. The van der Waals surface area contributed by atoms with Crippen molar-refractivity contribution in [2.75, 3.05) is 0 Å². The molecule has 1 heterocycles. The Morgan fingerprint density at radius 1 is 1.35 bits per heavy atom. The number of nitrogens with two attached hydrogens (primary N) is 1. The molecule has 1 saturated heterocycles. The SMILES string of the molecule is CC(=O)NC([C@H]1CC[C@@H](c2cccc(Cl)c2)N1C(=O)[C@@H](C)N)C(F)(F)F. The van der Waals surface area contributed by atoms with Gasteiger partial charge in [-0.05, 0) is 37.5 Å². The first-order chi connectivity index (χ1) is 12.0. The van der Waals surface area contributed by atoms with E-state index in [0.717, 1.165) is 11.8 Å². The van der Waals surface area contributed by atoms with E-state index >= 15 is 0 Å². The van der Waals surface area contributed by atoms with Crippen LogP contribution in [-0.2, 0) is 9.59 Å². The van der Waals surface area contributed by atoms with Gasteiger partial charge < -0.3 is 16.0 Å². The van der Waals surface area contributed by atoms with Gasteiger partial charge in [-0.2, -0.15) is 13.2 Å². The molecule has 2 rings (SSSR count). The van der Waals surface area contributed by atoms with E-state index in [4.69, 9.17) is 17.3 Å². The van der Waals surface area contributed by atoms with Crippen LogP contribution in [0.2, 0.25) is 5.02 Å². The molecule has 0 bridgehead atoms. The summed E-state index contributed by atoms with van der Waals surface area (Å²) < 4.78 is 40.7. The molecular weight excluding hydrogens is 371 g/mol. The van der Waals surface area contributed by atoms with Gasteiger partial charge in [0, 0.05) is 11.9 Å². The second-order valence-corrected chi connectivity index (χ2v) is 6.91. The van der Waals surface area contributed by atoms with E-state index in [9.17, 15) is 22.8 Å². The van der Waals surface area contributed by atoms with Gasteiger partial charge in [-0.3, -0.25) is 9.59 Å². The van der Waals surface area contributed by atoms with Crippen LogP contribution in [0.15, 0.2) is 24.3 Å². The Morgan fingerprint density at radius 3 is 2.50 bits per heavy atom. The molecule has 2 amide bonds. The summed E-state index contributed by atoms with van der Waals surface area (Å²) in [6.07, 6.45) is -4.30. The topological polar surface area (TPSA) is 75.4 Å². The molecule has 0 radical (unpaired) electrons. The van der Waals surface area contributed by atoms with Crippen molar-refractivity contribution in [2.24, 2.45) is 5.73 Å². The lowest BCUT2D eigenvalue weighted by Crippen LogP contribution is -2.59. The van der Waals surface area contributed by atoms with Crippen molar-refractivity contribution >= 4 is 23.4 Å². The van der Waals surface area contributed by atoms with Crippen molar-refractivity contribution in [1.29, 1.82) is 0 Å². The monoisotopic (exact) mass is 391 g/mol. The normalized spacial score (nSPS) is 22.8. The summed E-state index contributed by atoms with van der Waals surface area (Å²) in [5.74, 6) is -1.41. The van der Waals surface area contributed by atoms with Crippen LogP contribution in [0.5, 0.6) is 0 Å². The molecule has 1 aliphatic rings. The Labute approximate surface area is 154 Å². The second kappa shape index (κ2) is 7.84. The average molecular weight is 392 g/mol. The molecule has 4 atom stereocenters. The van der Waals surface area contributed by atoms with Gasteiger partial charge in [-0.1, -0.05) is 23.7 Å². The molecule has 9 heteroatoms. The van der Waals surface area contributed by atoms with Crippen molar-refractivity contribution in [1.82, 2.24) is 10.2 Å². The van der Waals surface area contributed by atoms with E-state index in [0.29, 0.717) is 17.0 Å². The predicted octanol–water partition coefficient (Wildman–Crippen LogP) is 2.79. The maximum absolute atomic E-state index is 13.6. The molecule has 0 spiro atoms. The molecule has 5 nitrogen and oxygen atoms in total. The first kappa shape index (κ1) is 20.5. The molecular formula is C17H21ClF3N3O2. The van der Waals surface area contributed by atoms with Gasteiger partial charge in [-0.25, -0.2) is 0 Å². The molecule has 1 aromatic rings. The van der Waals surface area contributed by atoms with Crippen LogP contribution in [0.3, 0.4) is 0 Å². The average Bonchev–Trinajstić information content (AvgIpc) is 2.94. The molecule has 26 heavy (non-hydrogen) atoms. The van der Waals surface area contributed by atoms with E-state index in [1.54, 1.807) is 24.3 Å². The maximum atomic E-state index is 13.6. The maximum Gasteiger partial charge on any atom is 0.410 e. The fourth-order valence-electron chi connectivity index (χ4n) is 3.37. The van der Waals surface area contributed by atoms with Crippen LogP contribution in [0.25, 0.3) is 0 Å². The van der Waals surface area contributed by atoms with E-state index in [2.05, 4.69) is 0 Å². The highest BCUT2D eigenvalue weighted by molar-refractivity contribution is 6.30. The molecule has 0 aliphatic carbocycles. The molecule has 1 unspecified atom stereocenters. The standard InChI is InChI=1S/C17H21ClF3N3O2/c1-9(22)16(26)24-13(11-4-3-5-12(18)8-11)6-7-14(24)15(17(19,20)21)23-10(2)25/h3-5,8-9,13-15H,6-7,22H2,1-2H3,(H,23,25)/t9-,13+,14-,15?/m1/s1. The van der Waals surface area contributed by atoms with Gasteiger partial charge in [0.25, 0.3) is 0 Å². The number of halogens is 4. The highest BCUT2D eigenvalue weighted by Gasteiger charge is 2.52. The number of hydrogen-bond donors (Lipinski definition) is 2. The molecule has 3 N–H and O–H groups in total. The molecule has 0 saturated carbocycles. The Hall–Kier alpha value is -1.80. The van der Waals surface area contributed by atoms with Gasteiger partial charge in [0.15, 0.2) is 0 Å². The zero-order valence-corrected chi connectivity index (χ0v) is 15.1. The quantitative estimate of drug-likeness (QED) is 0.828. The highest BCUT2D eigenvalue weighted by atomic mass is 35.5. The van der Waals surface area contributed by atoms with Gasteiger partial charge >= 0.3 is 6.18 Å². The fourth-order valence-corrected chi connectivity index (χ4v) is 3.57. The minimum Gasteiger partial charge on any atom is -0.343 e. The lowest BCUT2D eigenvalue weighted by molar-refractivity contribution is -0.176. The van der Waals surface area contributed by atoms with Crippen LogP contribution in [0.1, 0.15) is 38.3 Å². The van der Waals surface area contributed by atoms with Crippen LogP contribution < -0.4 is 11.1 Å². The Bertz CT molecular complexity index is 681. The fraction of sp³-hybridized carbons (Fsp3) is 0.529. The van der Waals surface area contributed by atoms with Gasteiger partial charge in [0.2, 0.25) is 11.8 Å². The summed E-state index contributed by atoms with van der Waals surface area (Å²) >= 11 is 5.99. The van der Waals surface area contributed by atoms with Crippen molar-refractivity contribution in [2.45, 2.75) is 57.0 Å². The number of rotatable bonds is 4. The van der Waals surface area contributed by atoms with E-state index in [-0.39, 0.29) is 6.42 Å². The molecule has 1 fully saturated rings. The molecule has 144 valence electrons. The van der Waals surface area contributed by atoms with Crippen LogP contribution in [0.4, 0.5) is 13.2 Å². The van der Waals surface area contributed by atoms with Gasteiger partial charge in [0.05, 0.1) is 18.1 Å². The summed E-state index contributed by atoms with van der Waals surface area (Å²) in [5, 5.41) is 2.37. The number of benzene rings is 1. The summed E-state index contributed by atoms with van der Waals surface area (Å²) in [6.45, 7) is 2.44. The minimum atomic E-state index is -4.70. The molecule has 1 aromatic carbocycles. The predicted molar refractivity (Wildman–Crippen MR) is 91.4 cm³/mol. The number of carbonyl (C=O) groups excluding carboxylic acids is 2. The third-order valence-electron chi connectivity index (χ3n) is 4.40. The zero-order chi connectivity index (χ0) is 19.6. The number of nitrogens with one attached hydrogen (secondary N) is 1. The van der Waals surface area contributed by atoms with Crippen molar-refractivity contribution in [3.63, 3.8) is 0 Å². The van der Waals surface area contributed by atoms with Crippen molar-refractivity contribution in [3.05, 3.63) is 34.9 Å². The summed E-state index contributed by atoms with van der Waals surface area (Å²) in [5.41, 5.74) is 6.31. The molecule has 1 aliphatic heterocycles. The van der Waals surface area contributed by atoms with Crippen molar-refractivity contribution in [3.8, 4) is 0 Å². The number of hydrogen-bond acceptors (Lipinski definition) is 3.